The van der Waals surface area contributed by atoms with Crippen molar-refractivity contribution in [2.24, 2.45) is 11.8 Å². The largest absolute Gasteiger partial charge is 0.494 e. The Kier molecular flexibility index (Phi) is 5.41. The van der Waals surface area contributed by atoms with Crippen molar-refractivity contribution in [1.82, 2.24) is 5.32 Å². The van der Waals surface area contributed by atoms with E-state index in [2.05, 4.69) is 19.2 Å². The second-order valence-electron chi connectivity index (χ2n) is 6.18. The maximum Gasteiger partial charge on any atom is 0.326 e. The summed E-state index contributed by atoms with van der Waals surface area (Å²) in [6.07, 6.45) is 2.70. The quantitative estimate of drug-likeness (QED) is 0.774. The maximum atomic E-state index is 12.1. The number of aliphatic carboxylic acids is 1. The van der Waals surface area contributed by atoms with Crippen molar-refractivity contribution < 1.29 is 19.4 Å². The summed E-state index contributed by atoms with van der Waals surface area (Å²) in [4.78, 5) is 23.2. The van der Waals surface area contributed by atoms with Gasteiger partial charge in [0.15, 0.2) is 0 Å². The Morgan fingerprint density at radius 2 is 1.91 bits per heavy atom. The topological polar surface area (TPSA) is 75.6 Å². The van der Waals surface area contributed by atoms with Crippen LogP contribution in [0.1, 0.15) is 43.5 Å². The van der Waals surface area contributed by atoms with E-state index in [1.165, 1.54) is 0 Å². The third-order valence-corrected chi connectivity index (χ3v) is 3.73. The zero-order chi connectivity index (χ0) is 16.1. The van der Waals surface area contributed by atoms with Crippen molar-refractivity contribution in [1.29, 1.82) is 0 Å². The van der Waals surface area contributed by atoms with E-state index in [1.807, 2.05) is 0 Å². The zero-order valence-electron chi connectivity index (χ0n) is 13.0. The first-order chi connectivity index (χ1) is 10.5. The van der Waals surface area contributed by atoms with E-state index in [-0.39, 0.29) is 11.8 Å². The molecule has 1 fully saturated rings. The van der Waals surface area contributed by atoms with Gasteiger partial charge in [0.25, 0.3) is 5.91 Å². The fourth-order valence-electron chi connectivity index (χ4n) is 2.15. The van der Waals surface area contributed by atoms with Gasteiger partial charge in [-0.3, -0.25) is 4.79 Å². The highest BCUT2D eigenvalue weighted by atomic mass is 16.5. The number of amides is 1. The van der Waals surface area contributed by atoms with Gasteiger partial charge in [0.2, 0.25) is 0 Å². The molecule has 0 radical (unpaired) electrons. The normalized spacial score (nSPS) is 15.4. The molecular weight excluding hydrogens is 282 g/mol. The highest BCUT2D eigenvalue weighted by molar-refractivity contribution is 5.96. The number of hydrogen-bond donors (Lipinski definition) is 2. The minimum atomic E-state index is -0.968. The van der Waals surface area contributed by atoms with Gasteiger partial charge in [0.1, 0.15) is 11.8 Å². The molecule has 0 bridgehead atoms. The summed E-state index contributed by atoms with van der Waals surface area (Å²) < 4.78 is 5.59. The van der Waals surface area contributed by atoms with Crippen LogP contribution in [0.2, 0.25) is 0 Å². The SMILES string of the molecule is CC(C)CCOc1ccc(C(=O)NC(C(=O)O)C2CC2)cc1. The summed E-state index contributed by atoms with van der Waals surface area (Å²) in [6.45, 7) is 4.91. The van der Waals surface area contributed by atoms with E-state index in [1.54, 1.807) is 24.3 Å². The summed E-state index contributed by atoms with van der Waals surface area (Å²) >= 11 is 0. The molecule has 2 N–H and O–H groups in total. The molecule has 1 saturated carbocycles. The number of hydrogen-bond acceptors (Lipinski definition) is 3. The number of carboxylic acid groups (broad SMARTS) is 1. The Labute approximate surface area is 130 Å². The fraction of sp³-hybridized carbons (Fsp3) is 0.529. The van der Waals surface area contributed by atoms with Crippen molar-refractivity contribution >= 4 is 11.9 Å². The number of rotatable bonds is 8. The van der Waals surface area contributed by atoms with Crippen LogP contribution in [0.4, 0.5) is 0 Å². The Morgan fingerprint density at radius 1 is 1.27 bits per heavy atom. The molecule has 5 heteroatoms. The molecule has 0 heterocycles. The van der Waals surface area contributed by atoms with Gasteiger partial charge in [-0.25, -0.2) is 4.79 Å². The van der Waals surface area contributed by atoms with Gasteiger partial charge in [0, 0.05) is 5.56 Å². The van der Waals surface area contributed by atoms with Crippen LogP contribution in [0, 0.1) is 11.8 Å². The van der Waals surface area contributed by atoms with Crippen LogP contribution in [-0.2, 0) is 4.79 Å². The second kappa shape index (κ2) is 7.29. The highest BCUT2D eigenvalue weighted by Crippen LogP contribution is 2.32. The third kappa shape index (κ3) is 4.76. The zero-order valence-corrected chi connectivity index (χ0v) is 13.0. The van der Waals surface area contributed by atoms with Gasteiger partial charge in [-0.1, -0.05) is 13.8 Å². The summed E-state index contributed by atoms with van der Waals surface area (Å²) in [5, 5.41) is 11.7. The first-order valence-electron chi connectivity index (χ1n) is 7.74. The average molecular weight is 305 g/mol. The number of benzene rings is 1. The monoisotopic (exact) mass is 305 g/mol. The van der Waals surface area contributed by atoms with E-state index in [9.17, 15) is 9.59 Å². The standard InChI is InChI=1S/C17H23NO4/c1-11(2)9-10-22-14-7-5-13(6-8-14)16(19)18-15(17(20)21)12-3-4-12/h5-8,11-12,15H,3-4,9-10H2,1-2H3,(H,18,19)(H,20,21). The van der Waals surface area contributed by atoms with Gasteiger partial charge in [-0.2, -0.15) is 0 Å². The lowest BCUT2D eigenvalue weighted by Gasteiger charge is -2.14. The van der Waals surface area contributed by atoms with E-state index in [0.29, 0.717) is 23.8 Å². The number of carbonyl (C=O) groups is 2. The van der Waals surface area contributed by atoms with Crippen LogP contribution >= 0.6 is 0 Å². The summed E-state index contributed by atoms with van der Waals surface area (Å²) in [7, 11) is 0. The van der Waals surface area contributed by atoms with Crippen LogP contribution in [0.15, 0.2) is 24.3 Å². The van der Waals surface area contributed by atoms with Crippen LogP contribution < -0.4 is 10.1 Å². The molecule has 1 aromatic rings. The number of carboxylic acids is 1. The molecule has 0 saturated heterocycles. The number of nitrogens with one attached hydrogen (secondary N) is 1. The van der Waals surface area contributed by atoms with Crippen molar-refractivity contribution in [3.05, 3.63) is 29.8 Å². The predicted molar refractivity (Wildman–Crippen MR) is 83.0 cm³/mol. The van der Waals surface area contributed by atoms with Crippen LogP contribution in [0.5, 0.6) is 5.75 Å². The van der Waals surface area contributed by atoms with Crippen molar-refractivity contribution in [2.45, 2.75) is 39.2 Å². The highest BCUT2D eigenvalue weighted by Gasteiger charge is 2.37. The van der Waals surface area contributed by atoms with Crippen LogP contribution in [-0.4, -0.2) is 29.6 Å². The van der Waals surface area contributed by atoms with Gasteiger partial charge in [-0.15, -0.1) is 0 Å². The fourth-order valence-corrected chi connectivity index (χ4v) is 2.15. The Bertz CT molecular complexity index is 520. The Hall–Kier alpha value is -2.04. The molecule has 2 rings (SSSR count). The molecule has 1 unspecified atom stereocenters. The van der Waals surface area contributed by atoms with E-state index >= 15 is 0 Å². The lowest BCUT2D eigenvalue weighted by atomic mass is 10.1. The van der Waals surface area contributed by atoms with Gasteiger partial charge >= 0.3 is 5.97 Å². The minimum absolute atomic E-state index is 0.0695. The number of carbonyl (C=O) groups excluding carboxylic acids is 1. The van der Waals surface area contributed by atoms with Gasteiger partial charge in [-0.05, 0) is 55.4 Å². The molecule has 1 atom stereocenters. The van der Waals surface area contributed by atoms with Crippen LogP contribution in [0.3, 0.4) is 0 Å². The molecule has 0 aliphatic heterocycles. The van der Waals surface area contributed by atoms with Gasteiger partial charge < -0.3 is 15.2 Å². The molecular formula is C17H23NO4. The second-order valence-corrected chi connectivity index (χ2v) is 6.18. The average Bonchev–Trinajstić information content (AvgIpc) is 3.29. The number of ether oxygens (including phenoxy) is 1. The molecule has 22 heavy (non-hydrogen) atoms. The van der Waals surface area contributed by atoms with Crippen LogP contribution in [0.25, 0.3) is 0 Å². The Morgan fingerprint density at radius 3 is 2.41 bits per heavy atom. The third-order valence-electron chi connectivity index (χ3n) is 3.73. The molecule has 1 aliphatic rings. The molecule has 1 amide bonds. The lowest BCUT2D eigenvalue weighted by molar-refractivity contribution is -0.139. The lowest BCUT2D eigenvalue weighted by Crippen LogP contribution is -2.42. The summed E-state index contributed by atoms with van der Waals surface area (Å²) in [6, 6.07) is 6.01. The van der Waals surface area contributed by atoms with E-state index in [0.717, 1.165) is 19.3 Å². The molecule has 0 spiro atoms. The summed E-state index contributed by atoms with van der Waals surface area (Å²) in [5.74, 6) is 0.0483. The molecule has 1 aliphatic carbocycles. The first-order valence-corrected chi connectivity index (χ1v) is 7.74. The summed E-state index contributed by atoms with van der Waals surface area (Å²) in [5.41, 5.74) is 0.447. The van der Waals surface area contributed by atoms with E-state index < -0.39 is 12.0 Å². The van der Waals surface area contributed by atoms with Crippen molar-refractivity contribution in [3.63, 3.8) is 0 Å². The van der Waals surface area contributed by atoms with Gasteiger partial charge in [0.05, 0.1) is 6.61 Å². The predicted octanol–water partition coefficient (Wildman–Crippen LogP) is 2.70. The molecule has 0 aromatic heterocycles. The minimum Gasteiger partial charge on any atom is -0.494 e. The van der Waals surface area contributed by atoms with Crippen molar-refractivity contribution in [2.75, 3.05) is 6.61 Å². The molecule has 5 nitrogen and oxygen atoms in total. The molecule has 1 aromatic carbocycles. The van der Waals surface area contributed by atoms with E-state index in [4.69, 9.17) is 9.84 Å². The first kappa shape index (κ1) is 16.3. The maximum absolute atomic E-state index is 12.1. The smallest absolute Gasteiger partial charge is 0.326 e. The Balaban J connectivity index is 1.89. The molecule has 120 valence electrons. The van der Waals surface area contributed by atoms with Crippen molar-refractivity contribution in [3.8, 4) is 5.75 Å².